The van der Waals surface area contributed by atoms with Gasteiger partial charge >= 0.3 is 0 Å². The molecule has 2 rings (SSSR count). The van der Waals surface area contributed by atoms with E-state index in [1.807, 2.05) is 13.1 Å². The van der Waals surface area contributed by atoms with Gasteiger partial charge < -0.3 is 26.8 Å². The van der Waals surface area contributed by atoms with Crippen LogP contribution in [0.25, 0.3) is 0 Å². The second-order valence-electron chi connectivity index (χ2n) is 5.00. The Morgan fingerprint density at radius 2 is 1.82 bits per heavy atom. The lowest BCUT2D eigenvalue weighted by Crippen LogP contribution is -2.07. The van der Waals surface area contributed by atoms with Crippen molar-refractivity contribution in [3.63, 3.8) is 0 Å². The van der Waals surface area contributed by atoms with Gasteiger partial charge in [-0.25, -0.2) is 9.97 Å². The number of rotatable bonds is 5. The quantitative estimate of drug-likeness (QED) is 0.661. The molecule has 8 heteroatoms. The van der Waals surface area contributed by atoms with Gasteiger partial charge in [-0.05, 0) is 5.92 Å². The molecule has 0 aliphatic heterocycles. The van der Waals surface area contributed by atoms with E-state index in [0.717, 1.165) is 11.4 Å². The number of pyridine rings is 1. The molecule has 0 radical (unpaired) electrons. The van der Waals surface area contributed by atoms with Crippen LogP contribution in [0.4, 0.5) is 23.4 Å². The Hall–Kier alpha value is -2.77. The molecule has 0 bridgehead atoms. The molecular formula is C14H21N7O. The molecule has 0 amide bonds. The smallest absolute Gasteiger partial charge is 0.222 e. The summed E-state index contributed by atoms with van der Waals surface area (Å²) >= 11 is 0. The van der Waals surface area contributed by atoms with Crippen LogP contribution in [0.3, 0.4) is 0 Å². The minimum Gasteiger partial charge on any atom is -0.451 e. The van der Waals surface area contributed by atoms with Crippen LogP contribution >= 0.6 is 0 Å². The summed E-state index contributed by atoms with van der Waals surface area (Å²) < 4.78 is 5.92. The van der Waals surface area contributed by atoms with E-state index in [-0.39, 0.29) is 17.7 Å². The van der Waals surface area contributed by atoms with Crippen molar-refractivity contribution in [2.75, 3.05) is 36.2 Å². The number of hydrogen-bond donors (Lipinski definition) is 4. The summed E-state index contributed by atoms with van der Waals surface area (Å²) in [5.74, 6) is 2.91. The molecule has 0 fully saturated rings. The maximum Gasteiger partial charge on any atom is 0.222 e. The Kier molecular flexibility index (Phi) is 4.50. The summed E-state index contributed by atoms with van der Waals surface area (Å²) in [6, 6.07) is 1.81. The van der Waals surface area contributed by atoms with E-state index in [9.17, 15) is 0 Å². The van der Waals surface area contributed by atoms with Crippen LogP contribution in [0.1, 0.15) is 25.3 Å². The summed E-state index contributed by atoms with van der Waals surface area (Å²) in [6.45, 7) is 4.12. The predicted octanol–water partition coefficient (Wildman–Crippen LogP) is 2.04. The van der Waals surface area contributed by atoms with Crippen molar-refractivity contribution in [1.29, 1.82) is 0 Å². The number of anilines is 4. The average molecular weight is 303 g/mol. The standard InChI is InChI=1S/C14H21N7O/c1-7(2)11-8(5-10(17-3)20-13(11)18-4)22-9-6-19-14(16)21-12(9)15/h5-7H,1-4H3,(H2,17,18,20)(H4,15,16,19,21). The van der Waals surface area contributed by atoms with Gasteiger partial charge in [-0.3, -0.25) is 0 Å². The first kappa shape index (κ1) is 15.6. The first-order valence-electron chi connectivity index (χ1n) is 6.92. The van der Waals surface area contributed by atoms with E-state index in [4.69, 9.17) is 16.2 Å². The van der Waals surface area contributed by atoms with Crippen LogP contribution in [-0.4, -0.2) is 29.0 Å². The van der Waals surface area contributed by atoms with Gasteiger partial charge in [0, 0.05) is 25.7 Å². The number of aromatic nitrogens is 3. The third kappa shape index (κ3) is 3.11. The number of nitrogens with zero attached hydrogens (tertiary/aromatic N) is 3. The molecule has 0 aliphatic rings. The zero-order chi connectivity index (χ0) is 16.3. The molecule has 22 heavy (non-hydrogen) atoms. The van der Waals surface area contributed by atoms with Gasteiger partial charge in [0.1, 0.15) is 17.4 Å². The molecule has 0 atom stereocenters. The van der Waals surface area contributed by atoms with Crippen molar-refractivity contribution < 1.29 is 4.74 Å². The van der Waals surface area contributed by atoms with Crippen LogP contribution in [0.15, 0.2) is 12.3 Å². The van der Waals surface area contributed by atoms with E-state index in [2.05, 4.69) is 39.4 Å². The number of nitrogens with two attached hydrogens (primary N) is 2. The summed E-state index contributed by atoms with van der Waals surface area (Å²) in [6.07, 6.45) is 1.46. The second kappa shape index (κ2) is 6.33. The fourth-order valence-corrected chi connectivity index (χ4v) is 2.09. The van der Waals surface area contributed by atoms with Crippen molar-refractivity contribution in [3.8, 4) is 11.5 Å². The molecule has 0 saturated heterocycles. The highest BCUT2D eigenvalue weighted by Gasteiger charge is 2.18. The predicted molar refractivity (Wildman–Crippen MR) is 88.4 cm³/mol. The highest BCUT2D eigenvalue weighted by molar-refractivity contribution is 5.61. The molecule has 0 aromatic carbocycles. The fourth-order valence-electron chi connectivity index (χ4n) is 2.09. The first-order chi connectivity index (χ1) is 10.5. The van der Waals surface area contributed by atoms with Crippen LogP contribution in [-0.2, 0) is 0 Å². The minimum absolute atomic E-state index is 0.107. The SMILES string of the molecule is CNc1cc(Oc2cnc(N)nc2N)c(C(C)C)c(NC)n1. The van der Waals surface area contributed by atoms with E-state index < -0.39 is 0 Å². The highest BCUT2D eigenvalue weighted by atomic mass is 16.5. The maximum absolute atomic E-state index is 5.92. The largest absolute Gasteiger partial charge is 0.451 e. The molecule has 2 aromatic heterocycles. The number of ether oxygens (including phenoxy) is 1. The highest BCUT2D eigenvalue weighted by Crippen LogP contribution is 2.37. The number of nitrogen functional groups attached to an aromatic ring is 2. The molecular weight excluding hydrogens is 282 g/mol. The van der Waals surface area contributed by atoms with Gasteiger partial charge in [0.15, 0.2) is 11.6 Å². The molecule has 0 unspecified atom stereocenters. The van der Waals surface area contributed by atoms with Crippen molar-refractivity contribution in [1.82, 2.24) is 15.0 Å². The van der Waals surface area contributed by atoms with Crippen molar-refractivity contribution in [2.45, 2.75) is 19.8 Å². The fraction of sp³-hybridized carbons (Fsp3) is 0.357. The van der Waals surface area contributed by atoms with Gasteiger partial charge in [0.25, 0.3) is 0 Å². The molecule has 2 heterocycles. The van der Waals surface area contributed by atoms with Gasteiger partial charge in [-0.2, -0.15) is 4.98 Å². The Morgan fingerprint density at radius 1 is 1.09 bits per heavy atom. The van der Waals surface area contributed by atoms with Crippen molar-refractivity contribution in [3.05, 3.63) is 17.8 Å². The summed E-state index contributed by atoms with van der Waals surface area (Å²) in [4.78, 5) is 12.3. The molecule has 0 aliphatic carbocycles. The molecule has 2 aromatic rings. The average Bonchev–Trinajstić information content (AvgIpc) is 2.48. The third-order valence-electron chi connectivity index (χ3n) is 3.11. The van der Waals surface area contributed by atoms with E-state index >= 15 is 0 Å². The number of hydrogen-bond acceptors (Lipinski definition) is 8. The van der Waals surface area contributed by atoms with Crippen molar-refractivity contribution >= 4 is 23.4 Å². The molecule has 8 nitrogen and oxygen atoms in total. The van der Waals surface area contributed by atoms with Crippen LogP contribution in [0.2, 0.25) is 0 Å². The Morgan fingerprint density at radius 3 is 2.36 bits per heavy atom. The summed E-state index contributed by atoms with van der Waals surface area (Å²) in [5.41, 5.74) is 12.3. The normalized spacial score (nSPS) is 10.6. The third-order valence-corrected chi connectivity index (χ3v) is 3.11. The van der Waals surface area contributed by atoms with Crippen molar-refractivity contribution in [2.24, 2.45) is 0 Å². The Labute approximate surface area is 129 Å². The Bertz CT molecular complexity index is 672. The monoisotopic (exact) mass is 303 g/mol. The van der Waals surface area contributed by atoms with E-state index in [1.54, 1.807) is 7.05 Å². The lowest BCUT2D eigenvalue weighted by atomic mass is 10.0. The molecule has 0 spiro atoms. The van der Waals surface area contributed by atoms with Gasteiger partial charge in [0.2, 0.25) is 5.95 Å². The van der Waals surface area contributed by atoms with Gasteiger partial charge in [-0.1, -0.05) is 13.8 Å². The second-order valence-corrected chi connectivity index (χ2v) is 5.00. The molecule has 118 valence electrons. The number of nitrogens with one attached hydrogen (secondary N) is 2. The van der Waals surface area contributed by atoms with E-state index in [0.29, 0.717) is 17.3 Å². The lowest BCUT2D eigenvalue weighted by molar-refractivity contribution is 0.471. The molecule has 0 saturated carbocycles. The summed E-state index contributed by atoms with van der Waals surface area (Å²) in [7, 11) is 3.61. The van der Waals surface area contributed by atoms with Gasteiger partial charge in [0.05, 0.1) is 6.20 Å². The van der Waals surface area contributed by atoms with Crippen LogP contribution < -0.4 is 26.8 Å². The zero-order valence-corrected chi connectivity index (χ0v) is 13.1. The lowest BCUT2D eigenvalue weighted by Gasteiger charge is -2.19. The van der Waals surface area contributed by atoms with Gasteiger partial charge in [-0.15, -0.1) is 0 Å². The molecule has 6 N–H and O–H groups in total. The Balaban J connectivity index is 2.52. The minimum atomic E-state index is 0.107. The van der Waals surface area contributed by atoms with E-state index in [1.165, 1.54) is 6.20 Å². The van der Waals surface area contributed by atoms with Crippen LogP contribution in [0, 0.1) is 0 Å². The first-order valence-corrected chi connectivity index (χ1v) is 6.92. The summed E-state index contributed by atoms with van der Waals surface area (Å²) in [5, 5.41) is 6.09. The van der Waals surface area contributed by atoms with Crippen LogP contribution in [0.5, 0.6) is 11.5 Å². The maximum atomic E-state index is 5.92. The zero-order valence-electron chi connectivity index (χ0n) is 13.1. The topological polar surface area (TPSA) is 124 Å².